The highest BCUT2D eigenvalue weighted by atomic mass is 32.2. The first kappa shape index (κ1) is 31.7. The third kappa shape index (κ3) is 6.77. The standard InChI is InChI=1S/C36H38FN5O3S/c1-36(2)14-5-8-25(23-7-4-6-22(18-23)9-10-31(43)44)34-40-35(42(3)41-34)30-19-24(11-15-39-30)33(45)32-27(13-17-46-21-36)26-12-16-38-29(26)20-28(32)37/h4,6-7,11-12,15-16,18-20,25,38H,5,8-10,13-14,17,21H2,1-3H3,(H,43,44). The number of carbonyl (C=O) groups excluding carboxylic acids is 1. The molecule has 6 rings (SSSR count). The van der Waals surface area contributed by atoms with Crippen molar-refractivity contribution in [3.8, 4) is 11.5 Å². The molecule has 1 aliphatic rings. The Bertz CT molecular complexity index is 1910. The molecule has 2 aromatic carbocycles. The van der Waals surface area contributed by atoms with Crippen LogP contribution in [0.3, 0.4) is 0 Å². The fourth-order valence-corrected chi connectivity index (χ4v) is 7.59. The predicted molar refractivity (Wildman–Crippen MR) is 179 cm³/mol. The Morgan fingerprint density at radius 1 is 1.20 bits per heavy atom. The van der Waals surface area contributed by atoms with E-state index in [9.17, 15) is 14.7 Å². The Labute approximate surface area is 271 Å². The van der Waals surface area contributed by atoms with E-state index in [1.807, 2.05) is 37.0 Å². The lowest BCUT2D eigenvalue weighted by atomic mass is 9.85. The van der Waals surface area contributed by atoms with E-state index in [0.717, 1.165) is 52.8 Å². The number of aromatic amines is 1. The number of pyridine rings is 1. The fourth-order valence-electron chi connectivity index (χ4n) is 6.40. The molecule has 0 amide bonds. The number of ketones is 1. The Hall–Kier alpha value is -4.31. The first-order chi connectivity index (χ1) is 22.1. The third-order valence-electron chi connectivity index (χ3n) is 8.80. The summed E-state index contributed by atoms with van der Waals surface area (Å²) in [5.74, 6) is 0.987. The van der Waals surface area contributed by atoms with Gasteiger partial charge < -0.3 is 10.1 Å². The van der Waals surface area contributed by atoms with Crippen LogP contribution in [0.15, 0.2) is 60.9 Å². The highest BCUT2D eigenvalue weighted by Gasteiger charge is 2.27. The molecule has 238 valence electrons. The zero-order valence-electron chi connectivity index (χ0n) is 26.3. The quantitative estimate of drug-likeness (QED) is 0.211. The van der Waals surface area contributed by atoms with E-state index in [2.05, 4.69) is 35.9 Å². The van der Waals surface area contributed by atoms with E-state index in [4.69, 9.17) is 10.1 Å². The molecule has 0 saturated heterocycles. The normalized spacial score (nSPS) is 17.3. The van der Waals surface area contributed by atoms with Crippen LogP contribution < -0.4 is 0 Å². The van der Waals surface area contributed by atoms with E-state index >= 15 is 4.39 Å². The highest BCUT2D eigenvalue weighted by Crippen LogP contribution is 2.36. The first-order valence-electron chi connectivity index (χ1n) is 15.7. The topological polar surface area (TPSA) is 114 Å². The van der Waals surface area contributed by atoms with Crippen molar-refractivity contribution in [1.82, 2.24) is 24.7 Å². The molecule has 4 bridgehead atoms. The number of aromatic nitrogens is 5. The Balaban J connectivity index is 1.44. The maximum absolute atomic E-state index is 15.7. The van der Waals surface area contributed by atoms with Crippen LogP contribution in [0, 0.1) is 11.2 Å². The summed E-state index contributed by atoms with van der Waals surface area (Å²) in [5.41, 5.74) is 4.38. The molecule has 0 saturated carbocycles. The number of hydrogen-bond acceptors (Lipinski definition) is 6. The SMILES string of the molecule is Cn1nc2nc1-c1cc(ccn1)C(=O)c1c(F)cc3[nH]ccc3c1CCSCC(C)(C)CCCC2c1cccc(CCC(=O)O)c1. The minimum atomic E-state index is -0.824. The van der Waals surface area contributed by atoms with Crippen molar-refractivity contribution < 1.29 is 19.1 Å². The Morgan fingerprint density at radius 3 is 2.87 bits per heavy atom. The zero-order valence-corrected chi connectivity index (χ0v) is 27.2. The van der Waals surface area contributed by atoms with Crippen molar-refractivity contribution in [1.29, 1.82) is 0 Å². The number of aryl methyl sites for hydroxylation is 3. The summed E-state index contributed by atoms with van der Waals surface area (Å²) in [4.78, 5) is 37.9. The molecule has 0 aliphatic carbocycles. The monoisotopic (exact) mass is 639 g/mol. The number of aliphatic carboxylic acids is 1. The molecule has 3 aromatic heterocycles. The van der Waals surface area contributed by atoms with Crippen LogP contribution in [0.25, 0.3) is 22.4 Å². The maximum atomic E-state index is 15.7. The summed E-state index contributed by atoms with van der Waals surface area (Å²) in [6.45, 7) is 4.55. The smallest absolute Gasteiger partial charge is 0.303 e. The highest BCUT2D eigenvalue weighted by molar-refractivity contribution is 7.99. The average molecular weight is 640 g/mol. The first-order valence-corrected chi connectivity index (χ1v) is 16.8. The number of H-pyrrole nitrogens is 1. The molecule has 4 heterocycles. The molecule has 2 N–H and O–H groups in total. The van der Waals surface area contributed by atoms with Gasteiger partial charge in [-0.05, 0) is 83.6 Å². The minimum Gasteiger partial charge on any atom is -0.481 e. The number of nitrogens with one attached hydrogen (secondary N) is 1. The number of carbonyl (C=O) groups is 2. The van der Waals surface area contributed by atoms with Crippen molar-refractivity contribution in [3.63, 3.8) is 0 Å². The number of carboxylic acids is 1. The van der Waals surface area contributed by atoms with Crippen LogP contribution in [0.5, 0.6) is 0 Å². The lowest BCUT2D eigenvalue weighted by Gasteiger charge is -2.25. The number of fused-ring (bicyclic) bond motifs is 8. The molecular weight excluding hydrogens is 601 g/mol. The molecule has 0 spiro atoms. The van der Waals surface area contributed by atoms with Crippen LogP contribution in [-0.4, -0.2) is 53.1 Å². The van der Waals surface area contributed by atoms with Gasteiger partial charge in [0.05, 0.1) is 5.56 Å². The van der Waals surface area contributed by atoms with Gasteiger partial charge in [-0.2, -0.15) is 16.9 Å². The van der Waals surface area contributed by atoms with Crippen molar-refractivity contribution >= 4 is 34.4 Å². The van der Waals surface area contributed by atoms with Gasteiger partial charge in [-0.15, -0.1) is 0 Å². The summed E-state index contributed by atoms with van der Waals surface area (Å²) in [7, 11) is 1.81. The molecule has 0 radical (unpaired) electrons. The number of thioether (sulfide) groups is 1. The summed E-state index contributed by atoms with van der Waals surface area (Å²) in [6.07, 6.45) is 7.19. The lowest BCUT2D eigenvalue weighted by Crippen LogP contribution is -2.16. The zero-order chi connectivity index (χ0) is 32.4. The number of carboxylic acid groups (broad SMARTS) is 1. The molecule has 46 heavy (non-hydrogen) atoms. The van der Waals surface area contributed by atoms with Gasteiger partial charge >= 0.3 is 5.97 Å². The van der Waals surface area contributed by atoms with E-state index < -0.39 is 11.8 Å². The van der Waals surface area contributed by atoms with Gasteiger partial charge in [0.1, 0.15) is 11.5 Å². The fraction of sp³-hybridized carbons (Fsp3) is 0.361. The molecular formula is C36H38FN5O3S. The second kappa shape index (κ2) is 13.2. The maximum Gasteiger partial charge on any atom is 0.303 e. The van der Waals surface area contributed by atoms with Gasteiger partial charge in [-0.3, -0.25) is 14.6 Å². The van der Waals surface area contributed by atoms with Crippen LogP contribution >= 0.6 is 11.8 Å². The van der Waals surface area contributed by atoms with Gasteiger partial charge in [0.2, 0.25) is 0 Å². The second-order valence-electron chi connectivity index (χ2n) is 12.9. The van der Waals surface area contributed by atoms with Crippen LogP contribution in [0.1, 0.15) is 83.9 Å². The predicted octanol–water partition coefficient (Wildman–Crippen LogP) is 7.36. The summed E-state index contributed by atoms with van der Waals surface area (Å²) >= 11 is 1.83. The molecule has 1 atom stereocenters. The van der Waals surface area contributed by atoms with Gasteiger partial charge in [-0.25, -0.2) is 14.1 Å². The van der Waals surface area contributed by atoms with Crippen molar-refractivity contribution in [2.75, 3.05) is 11.5 Å². The minimum absolute atomic E-state index is 0.0536. The Morgan fingerprint density at radius 2 is 2.04 bits per heavy atom. The number of rotatable bonds is 4. The van der Waals surface area contributed by atoms with E-state index in [1.165, 1.54) is 6.07 Å². The third-order valence-corrected chi connectivity index (χ3v) is 10.3. The van der Waals surface area contributed by atoms with Gasteiger partial charge in [0.15, 0.2) is 17.4 Å². The molecule has 5 aromatic rings. The molecule has 1 aliphatic heterocycles. The summed E-state index contributed by atoms with van der Waals surface area (Å²) in [6, 6.07) is 14.7. The lowest BCUT2D eigenvalue weighted by molar-refractivity contribution is -0.136. The van der Waals surface area contributed by atoms with Crippen LogP contribution in [0.4, 0.5) is 4.39 Å². The van der Waals surface area contributed by atoms with Gasteiger partial charge in [0.25, 0.3) is 0 Å². The Kier molecular flexibility index (Phi) is 9.08. The van der Waals surface area contributed by atoms with Crippen molar-refractivity contribution in [3.05, 3.63) is 100 Å². The average Bonchev–Trinajstić information content (AvgIpc) is 3.66. The second-order valence-corrected chi connectivity index (χ2v) is 14.0. The molecule has 1 unspecified atom stereocenters. The number of hydrogen-bond donors (Lipinski definition) is 2. The van der Waals surface area contributed by atoms with E-state index in [1.54, 1.807) is 29.2 Å². The van der Waals surface area contributed by atoms with E-state index in [0.29, 0.717) is 41.3 Å². The summed E-state index contributed by atoms with van der Waals surface area (Å²) in [5, 5.41) is 14.9. The van der Waals surface area contributed by atoms with Crippen molar-refractivity contribution in [2.45, 2.75) is 58.3 Å². The van der Waals surface area contributed by atoms with Gasteiger partial charge in [-0.1, -0.05) is 44.5 Å². The molecule has 10 heteroatoms. The van der Waals surface area contributed by atoms with Crippen LogP contribution in [-0.2, 0) is 24.7 Å². The number of nitrogens with zero attached hydrogens (tertiary/aromatic N) is 4. The molecule has 0 fully saturated rings. The number of halogens is 1. The van der Waals surface area contributed by atoms with Crippen LogP contribution in [0.2, 0.25) is 0 Å². The van der Waals surface area contributed by atoms with Crippen molar-refractivity contribution in [2.24, 2.45) is 12.5 Å². The number of benzene rings is 2. The summed E-state index contributed by atoms with van der Waals surface area (Å²) < 4.78 is 17.4. The largest absolute Gasteiger partial charge is 0.481 e. The molecule has 8 nitrogen and oxygen atoms in total. The van der Waals surface area contributed by atoms with E-state index in [-0.39, 0.29) is 29.1 Å². The van der Waals surface area contributed by atoms with Gasteiger partial charge in [0, 0.05) is 48.2 Å².